The van der Waals surface area contributed by atoms with Crippen LogP contribution in [0.15, 0.2) is 42.9 Å². The SMILES string of the molecule is O=C(Nc1cn(-c2cccnc2)nc1Cl)C1C=CCC1. The van der Waals surface area contributed by atoms with E-state index in [-0.39, 0.29) is 17.0 Å². The standard InChI is InChI=1S/C14H13ClN4O/c15-13-12(17-14(20)10-4-1-2-5-10)9-19(18-13)11-6-3-7-16-8-11/h1,3-4,6-10H,2,5H2,(H,17,20). The third-order valence-electron chi connectivity index (χ3n) is 3.19. The highest BCUT2D eigenvalue weighted by Gasteiger charge is 2.20. The van der Waals surface area contributed by atoms with Gasteiger partial charge in [0.15, 0.2) is 5.15 Å². The van der Waals surface area contributed by atoms with E-state index in [1.807, 2.05) is 24.3 Å². The molecule has 5 nitrogen and oxygen atoms in total. The fourth-order valence-corrected chi connectivity index (χ4v) is 2.31. The number of nitrogens with one attached hydrogen (secondary N) is 1. The van der Waals surface area contributed by atoms with Crippen LogP contribution in [0.25, 0.3) is 5.69 Å². The number of hydrogen-bond donors (Lipinski definition) is 1. The average molecular weight is 289 g/mol. The minimum Gasteiger partial charge on any atom is -0.322 e. The lowest BCUT2D eigenvalue weighted by Crippen LogP contribution is -2.19. The van der Waals surface area contributed by atoms with Gasteiger partial charge >= 0.3 is 0 Å². The summed E-state index contributed by atoms with van der Waals surface area (Å²) in [5.74, 6) is -0.126. The maximum absolute atomic E-state index is 12.0. The maximum atomic E-state index is 12.0. The van der Waals surface area contributed by atoms with Crippen molar-refractivity contribution in [3.05, 3.63) is 48.0 Å². The predicted octanol–water partition coefficient (Wildman–Crippen LogP) is 2.83. The first kappa shape index (κ1) is 12.9. The Morgan fingerprint density at radius 3 is 3.10 bits per heavy atom. The molecule has 0 saturated heterocycles. The number of hydrogen-bond acceptors (Lipinski definition) is 3. The van der Waals surface area contributed by atoms with Crippen LogP contribution in [0.5, 0.6) is 0 Å². The molecule has 1 amide bonds. The summed E-state index contributed by atoms with van der Waals surface area (Å²) in [6.45, 7) is 0. The van der Waals surface area contributed by atoms with Gasteiger partial charge in [-0.2, -0.15) is 5.10 Å². The van der Waals surface area contributed by atoms with E-state index in [2.05, 4.69) is 15.4 Å². The van der Waals surface area contributed by atoms with Crippen LogP contribution in [0.3, 0.4) is 0 Å². The maximum Gasteiger partial charge on any atom is 0.231 e. The summed E-state index contributed by atoms with van der Waals surface area (Å²) in [6.07, 6.45) is 10.8. The predicted molar refractivity (Wildman–Crippen MR) is 76.9 cm³/mol. The second-order valence-electron chi connectivity index (χ2n) is 4.59. The first-order valence-electron chi connectivity index (χ1n) is 6.37. The molecular weight excluding hydrogens is 276 g/mol. The molecule has 2 aromatic rings. The van der Waals surface area contributed by atoms with E-state index in [9.17, 15) is 4.79 Å². The van der Waals surface area contributed by atoms with Gasteiger partial charge in [0.1, 0.15) is 0 Å². The van der Waals surface area contributed by atoms with Gasteiger partial charge in [-0.25, -0.2) is 4.68 Å². The molecule has 1 unspecified atom stereocenters. The number of amides is 1. The quantitative estimate of drug-likeness (QED) is 0.884. The van der Waals surface area contributed by atoms with E-state index in [0.29, 0.717) is 5.69 Å². The molecule has 0 aromatic carbocycles. The average Bonchev–Trinajstić information content (AvgIpc) is 3.10. The lowest BCUT2D eigenvalue weighted by atomic mass is 10.1. The first-order valence-corrected chi connectivity index (χ1v) is 6.75. The van der Waals surface area contributed by atoms with Crippen LogP contribution in [0.2, 0.25) is 5.15 Å². The van der Waals surface area contributed by atoms with Crippen molar-refractivity contribution in [3.63, 3.8) is 0 Å². The van der Waals surface area contributed by atoms with Crippen LogP contribution < -0.4 is 5.32 Å². The molecule has 0 radical (unpaired) electrons. The number of pyridine rings is 1. The largest absolute Gasteiger partial charge is 0.322 e. The number of rotatable bonds is 3. The Hall–Kier alpha value is -2.14. The Balaban J connectivity index is 1.79. The zero-order valence-corrected chi connectivity index (χ0v) is 11.4. The third kappa shape index (κ3) is 2.58. The Morgan fingerprint density at radius 1 is 1.50 bits per heavy atom. The Labute approximate surface area is 121 Å². The number of carbonyl (C=O) groups excluding carboxylic acids is 1. The number of anilines is 1. The molecule has 0 saturated carbocycles. The number of aromatic nitrogens is 3. The lowest BCUT2D eigenvalue weighted by Gasteiger charge is -2.07. The highest BCUT2D eigenvalue weighted by molar-refractivity contribution is 6.32. The zero-order chi connectivity index (χ0) is 13.9. The van der Waals surface area contributed by atoms with Crippen molar-refractivity contribution in [1.82, 2.24) is 14.8 Å². The number of halogens is 1. The van der Waals surface area contributed by atoms with Gasteiger partial charge < -0.3 is 5.32 Å². The van der Waals surface area contributed by atoms with Gasteiger partial charge in [0, 0.05) is 6.20 Å². The second kappa shape index (κ2) is 5.46. The molecule has 0 bridgehead atoms. The molecule has 1 N–H and O–H groups in total. The Bertz CT molecular complexity index is 650. The van der Waals surface area contributed by atoms with E-state index >= 15 is 0 Å². The molecule has 20 heavy (non-hydrogen) atoms. The summed E-state index contributed by atoms with van der Waals surface area (Å²) in [6, 6.07) is 3.67. The summed E-state index contributed by atoms with van der Waals surface area (Å²) >= 11 is 6.06. The van der Waals surface area contributed by atoms with Crippen molar-refractivity contribution in [2.45, 2.75) is 12.8 Å². The lowest BCUT2D eigenvalue weighted by molar-refractivity contribution is -0.118. The fraction of sp³-hybridized carbons (Fsp3) is 0.214. The number of carbonyl (C=O) groups is 1. The topological polar surface area (TPSA) is 59.8 Å². The zero-order valence-electron chi connectivity index (χ0n) is 10.7. The normalized spacial score (nSPS) is 17.4. The third-order valence-corrected chi connectivity index (χ3v) is 3.47. The van der Waals surface area contributed by atoms with Gasteiger partial charge in [-0.3, -0.25) is 9.78 Å². The van der Waals surface area contributed by atoms with Crippen molar-refractivity contribution in [3.8, 4) is 5.69 Å². The molecular formula is C14H13ClN4O. The molecule has 1 atom stereocenters. The van der Waals surface area contributed by atoms with E-state index in [1.54, 1.807) is 23.3 Å². The summed E-state index contributed by atoms with van der Waals surface area (Å²) < 4.78 is 1.59. The van der Waals surface area contributed by atoms with Crippen molar-refractivity contribution >= 4 is 23.2 Å². The minimum absolute atomic E-state index is 0.0496. The molecule has 1 aliphatic carbocycles. The smallest absolute Gasteiger partial charge is 0.231 e. The Kier molecular flexibility index (Phi) is 3.52. The van der Waals surface area contributed by atoms with Crippen molar-refractivity contribution in [1.29, 1.82) is 0 Å². The van der Waals surface area contributed by atoms with Crippen LogP contribution in [-0.2, 0) is 4.79 Å². The van der Waals surface area contributed by atoms with E-state index in [4.69, 9.17) is 11.6 Å². The number of allylic oxidation sites excluding steroid dienone is 1. The monoisotopic (exact) mass is 288 g/mol. The summed E-state index contributed by atoms with van der Waals surface area (Å²) in [5, 5.41) is 7.25. The van der Waals surface area contributed by atoms with Crippen molar-refractivity contribution < 1.29 is 4.79 Å². The summed E-state index contributed by atoms with van der Waals surface area (Å²) in [7, 11) is 0. The highest BCUT2D eigenvalue weighted by Crippen LogP contribution is 2.24. The molecule has 2 aromatic heterocycles. The van der Waals surface area contributed by atoms with Gasteiger partial charge in [-0.15, -0.1) is 0 Å². The molecule has 102 valence electrons. The van der Waals surface area contributed by atoms with Crippen LogP contribution >= 0.6 is 11.6 Å². The summed E-state index contributed by atoms with van der Waals surface area (Å²) in [5.41, 5.74) is 1.30. The fourth-order valence-electron chi connectivity index (χ4n) is 2.13. The van der Waals surface area contributed by atoms with Crippen LogP contribution in [0, 0.1) is 5.92 Å². The van der Waals surface area contributed by atoms with Gasteiger partial charge in [0.25, 0.3) is 0 Å². The van der Waals surface area contributed by atoms with Crippen LogP contribution in [0.4, 0.5) is 5.69 Å². The van der Waals surface area contributed by atoms with Crippen molar-refractivity contribution in [2.75, 3.05) is 5.32 Å². The van der Waals surface area contributed by atoms with Gasteiger partial charge in [-0.1, -0.05) is 23.8 Å². The van der Waals surface area contributed by atoms with E-state index < -0.39 is 0 Å². The molecule has 0 spiro atoms. The molecule has 6 heteroatoms. The van der Waals surface area contributed by atoms with Crippen LogP contribution in [-0.4, -0.2) is 20.7 Å². The molecule has 1 aliphatic rings. The van der Waals surface area contributed by atoms with Gasteiger partial charge in [0.2, 0.25) is 5.91 Å². The van der Waals surface area contributed by atoms with Crippen LogP contribution in [0.1, 0.15) is 12.8 Å². The molecule has 0 fully saturated rings. The van der Waals surface area contributed by atoms with E-state index in [1.165, 1.54) is 0 Å². The minimum atomic E-state index is -0.0761. The van der Waals surface area contributed by atoms with Gasteiger partial charge in [-0.05, 0) is 25.0 Å². The Morgan fingerprint density at radius 2 is 2.40 bits per heavy atom. The summed E-state index contributed by atoms with van der Waals surface area (Å²) in [4.78, 5) is 16.1. The van der Waals surface area contributed by atoms with Crippen molar-refractivity contribution in [2.24, 2.45) is 5.92 Å². The highest BCUT2D eigenvalue weighted by atomic mass is 35.5. The van der Waals surface area contributed by atoms with Gasteiger partial charge in [0.05, 0.1) is 29.7 Å². The first-order chi connectivity index (χ1) is 9.74. The molecule has 3 rings (SSSR count). The second-order valence-corrected chi connectivity index (χ2v) is 4.95. The number of nitrogens with zero attached hydrogens (tertiary/aromatic N) is 3. The molecule has 0 aliphatic heterocycles. The molecule has 2 heterocycles. The van der Waals surface area contributed by atoms with E-state index in [0.717, 1.165) is 18.5 Å².